The van der Waals surface area contributed by atoms with Crippen LogP contribution in [0.25, 0.3) is 98.0 Å². The molecule has 2 aromatic heterocycles. The van der Waals surface area contributed by atoms with E-state index >= 15 is 0 Å². The first-order chi connectivity index (χ1) is 44.1. The molecule has 3 aliphatic rings. The number of thiophene rings is 2. The molecule has 0 amide bonds. The number of nitrogens with zero attached hydrogens (tertiary/aromatic N) is 2. The van der Waals surface area contributed by atoms with Crippen LogP contribution in [0.4, 0.5) is 34.1 Å². The summed E-state index contributed by atoms with van der Waals surface area (Å²) in [5.41, 5.74) is 29.8. The summed E-state index contributed by atoms with van der Waals surface area (Å²) in [5, 5.41) is 5.22. The SMILES string of the molecule is Cc1ccc(N(c2ccc3c(c2)C(C)(C)c2cc(/C=C/c4ccc5c(c4)C(C)(C)c4cc(/C=C/c6ccc7c(c6)C(C)(C)c6cc(N(c8ccc(C)cc8)c8ccc9sc%10ccccc%10c9c8)ccc6-7)ccc4-5)ccc2-3)c2ccc3sc4ccccc4c3c2)cc1. The Morgan fingerprint density at radius 1 is 0.253 bits per heavy atom. The van der Waals surface area contributed by atoms with Gasteiger partial charge in [-0.2, -0.15) is 0 Å². The van der Waals surface area contributed by atoms with Crippen molar-refractivity contribution >= 4 is 121 Å². The van der Waals surface area contributed by atoms with Crippen LogP contribution in [-0.2, 0) is 16.2 Å². The van der Waals surface area contributed by atoms with Crippen molar-refractivity contribution in [3.05, 3.63) is 309 Å². The summed E-state index contributed by atoms with van der Waals surface area (Å²) in [6.45, 7) is 18.7. The third kappa shape index (κ3) is 8.93. The summed E-state index contributed by atoms with van der Waals surface area (Å²) in [6.07, 6.45) is 9.22. The standard InChI is InChI=1S/C87H68N2S2/c1-53-17-29-59(30-18-53)88(61-35-43-83-73(49-61)71-13-9-11-15-81(71)90-83)63-33-41-69-67-39-27-57(47-77(67)86(5,6)79(69)51-63)23-21-55-25-37-65-66-38-26-56(46-76(66)85(3,4)75(65)45-55)22-24-58-28-40-68-70-42-34-64(52-80(70)87(7,8)78(68)48-58)89(60-31-19-54(2)20-32-60)62-36-44-84-74(50-62)72-14-10-12-16-82(72)91-84/h9-52H,1-8H3/b23-21+,24-22+. The van der Waals surface area contributed by atoms with Crippen LogP contribution >= 0.6 is 22.7 Å². The minimum atomic E-state index is -0.200. The minimum Gasteiger partial charge on any atom is -0.310 e. The topological polar surface area (TPSA) is 6.48 Å². The van der Waals surface area contributed by atoms with Gasteiger partial charge in [0, 0.05) is 90.7 Å². The monoisotopic (exact) mass is 1200 g/mol. The molecule has 0 aliphatic heterocycles. The van der Waals surface area contributed by atoms with Crippen LogP contribution in [0.1, 0.15) is 108 Å². The van der Waals surface area contributed by atoms with Gasteiger partial charge in [-0.1, -0.05) is 223 Å². The van der Waals surface area contributed by atoms with Crippen LogP contribution in [0.3, 0.4) is 0 Å². The molecule has 0 bridgehead atoms. The van der Waals surface area contributed by atoms with Gasteiger partial charge in [0.15, 0.2) is 0 Å². The third-order valence-corrected chi connectivity index (χ3v) is 22.7. The molecule has 17 rings (SSSR count). The van der Waals surface area contributed by atoms with E-state index in [0.717, 1.165) is 34.1 Å². The molecule has 0 N–H and O–H groups in total. The molecule has 0 saturated carbocycles. The fourth-order valence-corrected chi connectivity index (χ4v) is 17.5. The van der Waals surface area contributed by atoms with Crippen molar-refractivity contribution in [2.45, 2.75) is 71.6 Å². The van der Waals surface area contributed by atoms with Gasteiger partial charge >= 0.3 is 0 Å². The van der Waals surface area contributed by atoms with Gasteiger partial charge in [0.2, 0.25) is 0 Å². The molecule has 0 radical (unpaired) electrons. The Morgan fingerprint density at radius 2 is 0.516 bits per heavy atom. The Balaban J connectivity index is 0.615. The van der Waals surface area contributed by atoms with Crippen molar-refractivity contribution in [2.24, 2.45) is 0 Å². The van der Waals surface area contributed by atoms with Gasteiger partial charge in [-0.25, -0.2) is 0 Å². The van der Waals surface area contributed by atoms with Crippen LogP contribution in [0.15, 0.2) is 243 Å². The normalized spacial score (nSPS) is 14.5. The second-order valence-electron chi connectivity index (χ2n) is 27.1. The van der Waals surface area contributed by atoms with E-state index in [1.165, 1.54) is 140 Å². The van der Waals surface area contributed by atoms with Gasteiger partial charge in [0.1, 0.15) is 0 Å². The summed E-state index contributed by atoms with van der Waals surface area (Å²) < 4.78 is 5.27. The first-order valence-electron chi connectivity index (χ1n) is 31.9. The zero-order valence-corrected chi connectivity index (χ0v) is 54.2. The van der Waals surface area contributed by atoms with Crippen LogP contribution in [-0.4, -0.2) is 0 Å². The third-order valence-electron chi connectivity index (χ3n) is 20.4. The maximum absolute atomic E-state index is 2.45. The second kappa shape index (κ2) is 20.6. The maximum atomic E-state index is 2.45. The fourth-order valence-electron chi connectivity index (χ4n) is 15.3. The first kappa shape index (κ1) is 55.2. The minimum absolute atomic E-state index is 0.164. The molecule has 2 nitrogen and oxygen atoms in total. The van der Waals surface area contributed by atoms with E-state index in [4.69, 9.17) is 0 Å². The Kier molecular flexibility index (Phi) is 12.5. The highest BCUT2D eigenvalue weighted by molar-refractivity contribution is 7.26. The lowest BCUT2D eigenvalue weighted by atomic mass is 9.81. The molecule has 14 aromatic rings. The molecule has 0 fully saturated rings. The lowest BCUT2D eigenvalue weighted by molar-refractivity contribution is 0.660. The van der Waals surface area contributed by atoms with Crippen molar-refractivity contribution in [1.82, 2.24) is 0 Å². The quantitative estimate of drug-likeness (QED) is 0.126. The van der Waals surface area contributed by atoms with E-state index in [1.54, 1.807) is 0 Å². The average molecular weight is 1210 g/mol. The zero-order chi connectivity index (χ0) is 61.7. The summed E-state index contributed by atoms with van der Waals surface area (Å²) in [7, 11) is 0. The van der Waals surface area contributed by atoms with Crippen LogP contribution in [0.5, 0.6) is 0 Å². The molecule has 4 heteroatoms. The summed E-state index contributed by atoms with van der Waals surface area (Å²) >= 11 is 3.73. The summed E-state index contributed by atoms with van der Waals surface area (Å²) in [5.74, 6) is 0. The first-order valence-corrected chi connectivity index (χ1v) is 33.6. The number of anilines is 6. The predicted molar refractivity (Wildman–Crippen MR) is 394 cm³/mol. The summed E-state index contributed by atoms with van der Waals surface area (Å²) in [4.78, 5) is 4.87. The van der Waals surface area contributed by atoms with Gasteiger partial charge in [0.05, 0.1) is 0 Å². The summed E-state index contributed by atoms with van der Waals surface area (Å²) in [6, 6.07) is 91.9. The van der Waals surface area contributed by atoms with Crippen molar-refractivity contribution in [1.29, 1.82) is 0 Å². The van der Waals surface area contributed by atoms with Crippen LogP contribution < -0.4 is 9.80 Å². The number of hydrogen-bond acceptors (Lipinski definition) is 4. The molecule has 0 atom stereocenters. The van der Waals surface area contributed by atoms with Crippen molar-refractivity contribution in [3.8, 4) is 33.4 Å². The molecule has 438 valence electrons. The van der Waals surface area contributed by atoms with E-state index in [-0.39, 0.29) is 16.2 Å². The van der Waals surface area contributed by atoms with Gasteiger partial charge in [0.25, 0.3) is 0 Å². The van der Waals surface area contributed by atoms with Gasteiger partial charge in [-0.3, -0.25) is 0 Å². The molecule has 0 saturated heterocycles. The Labute approximate surface area is 542 Å². The number of rotatable bonds is 10. The van der Waals surface area contributed by atoms with Crippen molar-refractivity contribution in [3.63, 3.8) is 0 Å². The number of fused-ring (bicyclic) bond motifs is 15. The number of aryl methyl sites for hydroxylation is 2. The van der Waals surface area contributed by atoms with E-state index in [2.05, 4.69) is 332 Å². The number of hydrogen-bond donors (Lipinski definition) is 0. The highest BCUT2D eigenvalue weighted by Gasteiger charge is 2.39. The highest BCUT2D eigenvalue weighted by atomic mass is 32.1. The molecule has 0 unspecified atom stereocenters. The second-order valence-corrected chi connectivity index (χ2v) is 29.3. The van der Waals surface area contributed by atoms with Gasteiger partial charge < -0.3 is 9.80 Å². The van der Waals surface area contributed by atoms with E-state index in [0.29, 0.717) is 0 Å². The zero-order valence-electron chi connectivity index (χ0n) is 52.6. The molecule has 3 aliphatic carbocycles. The molecule has 0 spiro atoms. The highest BCUT2D eigenvalue weighted by Crippen LogP contribution is 2.55. The fraction of sp³-hybridized carbons (Fsp3) is 0.126. The number of benzene rings is 12. The van der Waals surface area contributed by atoms with Gasteiger partial charge in [-0.05, 0) is 200 Å². The van der Waals surface area contributed by atoms with E-state index in [1.807, 2.05) is 22.7 Å². The van der Waals surface area contributed by atoms with Crippen molar-refractivity contribution < 1.29 is 0 Å². The Morgan fingerprint density at radius 3 is 0.857 bits per heavy atom. The van der Waals surface area contributed by atoms with Crippen LogP contribution in [0, 0.1) is 13.8 Å². The van der Waals surface area contributed by atoms with Crippen molar-refractivity contribution in [2.75, 3.05) is 9.80 Å². The molecular formula is C87H68N2S2. The smallest absolute Gasteiger partial charge is 0.0468 e. The maximum Gasteiger partial charge on any atom is 0.0468 e. The lowest BCUT2D eigenvalue weighted by Crippen LogP contribution is -2.16. The molecule has 91 heavy (non-hydrogen) atoms. The Bertz CT molecular complexity index is 5070. The molecular weight excluding hydrogens is 1140 g/mol. The largest absolute Gasteiger partial charge is 0.310 e. The Hall–Kier alpha value is -9.84. The molecule has 2 heterocycles. The predicted octanol–water partition coefficient (Wildman–Crippen LogP) is 25.2. The average Bonchev–Trinajstić information content (AvgIpc) is 1.61. The molecule has 12 aromatic carbocycles. The van der Waals surface area contributed by atoms with Gasteiger partial charge in [-0.15, -0.1) is 22.7 Å². The van der Waals surface area contributed by atoms with E-state index < -0.39 is 0 Å². The van der Waals surface area contributed by atoms with Crippen LogP contribution in [0.2, 0.25) is 0 Å². The van der Waals surface area contributed by atoms with E-state index in [9.17, 15) is 0 Å². The lowest BCUT2D eigenvalue weighted by Gasteiger charge is -2.28.